The molecule has 1 aromatic heterocycles. The largest absolute Gasteiger partial charge is 0.506 e. The van der Waals surface area contributed by atoms with Crippen LogP contribution in [0.1, 0.15) is 78.1 Å². The molecule has 4 N–H and O–H groups in total. The zero-order valence-electron chi connectivity index (χ0n) is 15.6. The van der Waals surface area contributed by atoms with E-state index in [0.29, 0.717) is 0 Å². The highest BCUT2D eigenvalue weighted by Gasteiger charge is 2.29. The summed E-state index contributed by atoms with van der Waals surface area (Å²) in [4.78, 5) is 48.7. The van der Waals surface area contributed by atoms with Crippen LogP contribution in [0, 0.1) is 0 Å². The third-order valence-corrected chi connectivity index (χ3v) is 5.49. The van der Waals surface area contributed by atoms with E-state index in [1.807, 2.05) is 0 Å². The second kappa shape index (κ2) is 8.45. The maximum Gasteiger partial charge on any atom is 0.322 e. The Balaban J connectivity index is 1.99. The van der Waals surface area contributed by atoms with E-state index in [1.165, 1.54) is 10.8 Å². The Morgan fingerprint density at radius 1 is 1.04 bits per heavy atom. The van der Waals surface area contributed by atoms with Gasteiger partial charge in [-0.3, -0.25) is 19.2 Å². The van der Waals surface area contributed by atoms with E-state index < -0.39 is 41.2 Å². The van der Waals surface area contributed by atoms with Crippen molar-refractivity contribution in [1.82, 2.24) is 15.2 Å². The number of aromatic nitrogens is 1. The summed E-state index contributed by atoms with van der Waals surface area (Å²) < 4.78 is 1.34. The smallest absolute Gasteiger partial charge is 0.322 e. The number of amides is 2. The predicted molar refractivity (Wildman–Crippen MR) is 99.6 cm³/mol. The SMILES string of the molecule is O=C(O)CNC(=O)c1c(O)c(C(=O)NC2CCCC2)cn(C2CCCC2)c1=O. The molecule has 0 aromatic carbocycles. The molecule has 0 aliphatic heterocycles. The molecule has 9 heteroatoms. The van der Waals surface area contributed by atoms with Crippen LogP contribution in [0.15, 0.2) is 11.0 Å². The van der Waals surface area contributed by atoms with Crippen molar-refractivity contribution in [3.05, 3.63) is 27.7 Å². The third kappa shape index (κ3) is 4.18. The van der Waals surface area contributed by atoms with Crippen molar-refractivity contribution in [1.29, 1.82) is 0 Å². The number of hydrogen-bond acceptors (Lipinski definition) is 5. The van der Waals surface area contributed by atoms with Crippen LogP contribution in [0.5, 0.6) is 5.75 Å². The maximum atomic E-state index is 12.8. The lowest BCUT2D eigenvalue weighted by Gasteiger charge is -2.19. The molecule has 1 heterocycles. The summed E-state index contributed by atoms with van der Waals surface area (Å²) in [6.45, 7) is -0.695. The lowest BCUT2D eigenvalue weighted by atomic mass is 10.1. The van der Waals surface area contributed by atoms with Crippen molar-refractivity contribution in [3.63, 3.8) is 0 Å². The molecular formula is C19H25N3O6. The fraction of sp³-hybridized carbons (Fsp3) is 0.579. The van der Waals surface area contributed by atoms with Crippen molar-refractivity contribution in [2.75, 3.05) is 6.54 Å². The molecule has 0 spiro atoms. The molecule has 9 nitrogen and oxygen atoms in total. The summed E-state index contributed by atoms with van der Waals surface area (Å²) in [6, 6.07) is -0.153. The lowest BCUT2D eigenvalue weighted by Crippen LogP contribution is -2.39. The molecule has 152 valence electrons. The molecular weight excluding hydrogens is 366 g/mol. The van der Waals surface area contributed by atoms with Gasteiger partial charge >= 0.3 is 5.97 Å². The van der Waals surface area contributed by atoms with Gasteiger partial charge in [0, 0.05) is 18.3 Å². The number of hydrogen-bond donors (Lipinski definition) is 4. The summed E-state index contributed by atoms with van der Waals surface area (Å²) in [6.07, 6.45) is 8.40. The van der Waals surface area contributed by atoms with E-state index in [9.17, 15) is 24.3 Å². The molecule has 2 aliphatic rings. The van der Waals surface area contributed by atoms with Crippen LogP contribution in [-0.2, 0) is 4.79 Å². The van der Waals surface area contributed by atoms with E-state index in [4.69, 9.17) is 5.11 Å². The second-order valence-corrected chi connectivity index (χ2v) is 7.45. The molecule has 2 saturated carbocycles. The summed E-state index contributed by atoms with van der Waals surface area (Å²) in [7, 11) is 0. The molecule has 0 radical (unpaired) electrons. The number of carboxylic acids is 1. The van der Waals surface area contributed by atoms with Gasteiger partial charge in [0.2, 0.25) is 0 Å². The van der Waals surface area contributed by atoms with Gasteiger partial charge in [0.25, 0.3) is 17.4 Å². The van der Waals surface area contributed by atoms with Gasteiger partial charge in [-0.2, -0.15) is 0 Å². The van der Waals surface area contributed by atoms with Gasteiger partial charge in [0.15, 0.2) is 0 Å². The first kappa shape index (κ1) is 19.9. The topological polar surface area (TPSA) is 138 Å². The van der Waals surface area contributed by atoms with Gasteiger partial charge in [-0.1, -0.05) is 25.7 Å². The molecule has 2 amide bonds. The van der Waals surface area contributed by atoms with Gasteiger partial charge in [-0.25, -0.2) is 0 Å². The lowest BCUT2D eigenvalue weighted by molar-refractivity contribution is -0.135. The zero-order valence-corrected chi connectivity index (χ0v) is 15.6. The number of rotatable bonds is 6. The minimum atomic E-state index is -1.28. The monoisotopic (exact) mass is 391 g/mol. The number of carbonyl (C=O) groups excluding carboxylic acids is 2. The van der Waals surface area contributed by atoms with E-state index in [2.05, 4.69) is 10.6 Å². The maximum absolute atomic E-state index is 12.8. The first-order chi connectivity index (χ1) is 13.4. The third-order valence-electron chi connectivity index (χ3n) is 5.49. The highest BCUT2D eigenvalue weighted by Crippen LogP contribution is 2.30. The summed E-state index contributed by atoms with van der Waals surface area (Å²) in [5.41, 5.74) is -1.45. The molecule has 0 atom stereocenters. The summed E-state index contributed by atoms with van der Waals surface area (Å²) >= 11 is 0. The number of carbonyl (C=O) groups is 3. The molecule has 0 saturated heterocycles. The minimum absolute atomic E-state index is 0.00282. The Labute approximate surface area is 161 Å². The molecule has 2 fully saturated rings. The van der Waals surface area contributed by atoms with Gasteiger partial charge in [0.05, 0.1) is 5.56 Å². The second-order valence-electron chi connectivity index (χ2n) is 7.45. The van der Waals surface area contributed by atoms with Gasteiger partial charge in [-0.15, -0.1) is 0 Å². The van der Waals surface area contributed by atoms with Crippen molar-refractivity contribution < 1.29 is 24.6 Å². The number of nitrogens with one attached hydrogen (secondary N) is 2. The average molecular weight is 391 g/mol. The van der Waals surface area contributed by atoms with Gasteiger partial charge in [0.1, 0.15) is 17.9 Å². The Morgan fingerprint density at radius 3 is 2.25 bits per heavy atom. The summed E-state index contributed by atoms with van der Waals surface area (Å²) in [5.74, 6) is -3.53. The van der Waals surface area contributed by atoms with Gasteiger partial charge in [-0.05, 0) is 25.7 Å². The quantitative estimate of drug-likeness (QED) is 0.574. The number of aliphatic carboxylic acids is 1. The van der Waals surface area contributed by atoms with Crippen molar-refractivity contribution in [2.24, 2.45) is 0 Å². The van der Waals surface area contributed by atoms with E-state index in [-0.39, 0.29) is 17.6 Å². The van der Waals surface area contributed by atoms with E-state index >= 15 is 0 Å². The highest BCUT2D eigenvalue weighted by atomic mass is 16.4. The molecule has 0 unspecified atom stereocenters. The minimum Gasteiger partial charge on any atom is -0.506 e. The molecule has 28 heavy (non-hydrogen) atoms. The molecule has 3 rings (SSSR count). The molecule has 2 aliphatic carbocycles. The number of aromatic hydroxyl groups is 1. The average Bonchev–Trinajstić information content (AvgIpc) is 3.34. The number of pyridine rings is 1. The number of carboxylic acid groups (broad SMARTS) is 1. The highest BCUT2D eigenvalue weighted by molar-refractivity contribution is 6.04. The van der Waals surface area contributed by atoms with E-state index in [0.717, 1.165) is 51.4 Å². The van der Waals surface area contributed by atoms with Crippen molar-refractivity contribution in [2.45, 2.75) is 63.5 Å². The normalized spacial score (nSPS) is 17.6. The first-order valence-corrected chi connectivity index (χ1v) is 9.67. The Hall–Kier alpha value is -2.84. The fourth-order valence-corrected chi connectivity index (χ4v) is 4.03. The summed E-state index contributed by atoms with van der Waals surface area (Å²) in [5, 5.41) is 24.2. The van der Waals surface area contributed by atoms with Crippen LogP contribution in [0.3, 0.4) is 0 Å². The first-order valence-electron chi connectivity index (χ1n) is 9.67. The van der Waals surface area contributed by atoms with Crippen LogP contribution in [-0.4, -0.2) is 45.2 Å². The fourth-order valence-electron chi connectivity index (χ4n) is 4.03. The Bertz CT molecular complexity index is 835. The van der Waals surface area contributed by atoms with Gasteiger partial charge < -0.3 is 25.4 Å². The molecule has 0 bridgehead atoms. The van der Waals surface area contributed by atoms with Crippen LogP contribution in [0.2, 0.25) is 0 Å². The van der Waals surface area contributed by atoms with Crippen molar-refractivity contribution >= 4 is 17.8 Å². The number of nitrogens with zero attached hydrogens (tertiary/aromatic N) is 1. The van der Waals surface area contributed by atoms with E-state index in [1.54, 1.807) is 0 Å². The Morgan fingerprint density at radius 2 is 1.64 bits per heavy atom. The van der Waals surface area contributed by atoms with Crippen LogP contribution in [0.25, 0.3) is 0 Å². The standard InChI is InChI=1S/C19H25N3O6/c23-14(24)9-20-18(27)15-16(25)13(17(26)21-11-5-1-2-6-11)10-22(19(15)28)12-7-3-4-8-12/h10-12,25H,1-9H2,(H,20,27)(H,21,26)(H,23,24). The predicted octanol–water partition coefficient (Wildman–Crippen LogP) is 1.16. The molecule has 1 aromatic rings. The Kier molecular flexibility index (Phi) is 6.01. The van der Waals surface area contributed by atoms with Crippen molar-refractivity contribution in [3.8, 4) is 5.75 Å². The van der Waals surface area contributed by atoms with Crippen LogP contribution < -0.4 is 16.2 Å². The van der Waals surface area contributed by atoms with Crippen LogP contribution in [0.4, 0.5) is 0 Å². The zero-order chi connectivity index (χ0) is 20.3. The van der Waals surface area contributed by atoms with Crippen LogP contribution >= 0.6 is 0 Å².